The maximum Gasteiger partial charge on any atom is 0.300 e. The van der Waals surface area contributed by atoms with Gasteiger partial charge in [0.05, 0.1) is 38.1 Å². The quantitative estimate of drug-likeness (QED) is 0.306. The fourth-order valence-electron chi connectivity index (χ4n) is 4.77. The minimum atomic E-state index is -0.836. The molecule has 1 N–H and O–H groups in total. The molecule has 0 bridgehead atoms. The van der Waals surface area contributed by atoms with Crippen molar-refractivity contribution < 1.29 is 28.9 Å². The first-order chi connectivity index (χ1) is 17.4. The molecule has 0 radical (unpaired) electrons. The van der Waals surface area contributed by atoms with Gasteiger partial charge in [0.15, 0.2) is 0 Å². The van der Waals surface area contributed by atoms with Gasteiger partial charge in [-0.25, -0.2) is 0 Å². The molecule has 1 fully saturated rings. The normalized spacial score (nSPS) is 18.2. The summed E-state index contributed by atoms with van der Waals surface area (Å²) in [4.78, 5) is 28.3. The maximum atomic E-state index is 13.5. The van der Waals surface area contributed by atoms with Crippen LogP contribution >= 0.6 is 0 Å². The summed E-state index contributed by atoms with van der Waals surface area (Å²) in [5.41, 5.74) is 3.71. The van der Waals surface area contributed by atoms with Crippen molar-refractivity contribution in [3.05, 3.63) is 88.5 Å². The molecule has 2 aliphatic rings. The third-order valence-corrected chi connectivity index (χ3v) is 6.73. The van der Waals surface area contributed by atoms with E-state index in [1.165, 1.54) is 19.1 Å². The van der Waals surface area contributed by atoms with Crippen LogP contribution in [0.5, 0.6) is 17.2 Å². The van der Waals surface area contributed by atoms with Gasteiger partial charge in [-0.2, -0.15) is 0 Å². The van der Waals surface area contributed by atoms with Crippen LogP contribution in [-0.4, -0.2) is 37.6 Å². The second kappa shape index (κ2) is 9.41. The lowest BCUT2D eigenvalue weighted by molar-refractivity contribution is -0.132. The number of aliphatic hydroxyl groups is 1. The molecule has 1 atom stereocenters. The highest BCUT2D eigenvalue weighted by atomic mass is 16.5. The van der Waals surface area contributed by atoms with Gasteiger partial charge in [0.1, 0.15) is 23.0 Å². The number of carbonyl (C=O) groups is 2. The van der Waals surface area contributed by atoms with Gasteiger partial charge >= 0.3 is 0 Å². The van der Waals surface area contributed by atoms with Crippen LogP contribution in [0.15, 0.2) is 66.2 Å². The van der Waals surface area contributed by atoms with Crippen LogP contribution in [0, 0.1) is 0 Å². The van der Waals surface area contributed by atoms with Gasteiger partial charge in [0, 0.05) is 30.2 Å². The molecule has 7 nitrogen and oxygen atoms in total. The van der Waals surface area contributed by atoms with Crippen molar-refractivity contribution in [2.45, 2.75) is 25.8 Å². The highest BCUT2D eigenvalue weighted by Gasteiger charge is 2.47. The number of hydrogen-bond acceptors (Lipinski definition) is 6. The van der Waals surface area contributed by atoms with E-state index >= 15 is 0 Å². The molecule has 7 heteroatoms. The van der Waals surface area contributed by atoms with Gasteiger partial charge in [0.25, 0.3) is 11.7 Å². The average molecular weight is 486 g/mol. The average Bonchev–Trinajstić information content (AvgIpc) is 3.49. The molecular formula is C29H27NO6. The van der Waals surface area contributed by atoms with Gasteiger partial charge in [-0.15, -0.1) is 0 Å². The number of benzene rings is 3. The minimum absolute atomic E-state index is 0.0323. The van der Waals surface area contributed by atoms with E-state index in [1.54, 1.807) is 30.3 Å². The summed E-state index contributed by atoms with van der Waals surface area (Å²) in [7, 11) is 3.04. The molecule has 5 rings (SSSR count). The summed E-state index contributed by atoms with van der Waals surface area (Å²) >= 11 is 0. The minimum Gasteiger partial charge on any atom is -0.507 e. The molecule has 3 aromatic rings. The number of fused-ring (bicyclic) bond motifs is 1. The van der Waals surface area contributed by atoms with Crippen LogP contribution in [0.25, 0.3) is 5.76 Å². The van der Waals surface area contributed by atoms with Crippen molar-refractivity contribution in [3.63, 3.8) is 0 Å². The number of carbonyl (C=O) groups excluding carboxylic acids is 2. The van der Waals surface area contributed by atoms with Crippen LogP contribution in [0.1, 0.15) is 35.2 Å². The van der Waals surface area contributed by atoms with Crippen molar-refractivity contribution in [1.82, 2.24) is 0 Å². The van der Waals surface area contributed by atoms with Crippen LogP contribution in [-0.2, 0) is 22.4 Å². The van der Waals surface area contributed by atoms with E-state index in [9.17, 15) is 14.7 Å². The van der Waals surface area contributed by atoms with Crippen molar-refractivity contribution in [1.29, 1.82) is 0 Å². The zero-order valence-electron chi connectivity index (χ0n) is 20.4. The molecule has 1 amide bonds. The Balaban J connectivity index is 1.71. The number of rotatable bonds is 6. The van der Waals surface area contributed by atoms with Gasteiger partial charge in [-0.3, -0.25) is 14.5 Å². The number of hydrogen-bond donors (Lipinski definition) is 1. The molecule has 0 aliphatic carbocycles. The SMILES string of the molecule is CCc1ccc(C2/C(=C(/O)c3ccc4c(c3)CCO4)C(=O)C(=O)N2c2cc(OC)cc(OC)c2)cc1. The number of nitrogens with zero attached hydrogens (tertiary/aromatic N) is 1. The summed E-state index contributed by atoms with van der Waals surface area (Å²) in [6.07, 6.45) is 1.57. The summed E-state index contributed by atoms with van der Waals surface area (Å²) in [5, 5.41) is 11.4. The predicted molar refractivity (Wildman–Crippen MR) is 136 cm³/mol. The van der Waals surface area contributed by atoms with Gasteiger partial charge in [0.2, 0.25) is 0 Å². The van der Waals surface area contributed by atoms with Crippen LogP contribution in [0.4, 0.5) is 5.69 Å². The number of Topliss-reactive ketones (excluding diaryl/α,β-unsaturated/α-hetero) is 1. The Morgan fingerprint density at radius 2 is 1.69 bits per heavy atom. The molecule has 2 heterocycles. The van der Waals surface area contributed by atoms with Gasteiger partial charge < -0.3 is 19.3 Å². The van der Waals surface area contributed by atoms with E-state index in [-0.39, 0.29) is 11.3 Å². The lowest BCUT2D eigenvalue weighted by Crippen LogP contribution is -2.29. The molecular weight excluding hydrogens is 458 g/mol. The summed E-state index contributed by atoms with van der Waals surface area (Å²) in [6, 6.07) is 17.2. The molecule has 0 spiro atoms. The number of methoxy groups -OCH3 is 2. The highest BCUT2D eigenvalue weighted by molar-refractivity contribution is 6.51. The molecule has 1 unspecified atom stereocenters. The van der Waals surface area contributed by atoms with Crippen molar-refractivity contribution in [2.75, 3.05) is 25.7 Å². The first-order valence-electron chi connectivity index (χ1n) is 11.8. The van der Waals surface area contributed by atoms with Gasteiger partial charge in [-0.1, -0.05) is 31.2 Å². The number of amides is 1. The molecule has 0 saturated carbocycles. The molecule has 36 heavy (non-hydrogen) atoms. The second-order valence-corrected chi connectivity index (χ2v) is 8.76. The Bertz CT molecular complexity index is 1350. The van der Waals surface area contributed by atoms with E-state index in [0.717, 1.165) is 29.7 Å². The Morgan fingerprint density at radius 1 is 1.00 bits per heavy atom. The topological polar surface area (TPSA) is 85.3 Å². The summed E-state index contributed by atoms with van der Waals surface area (Å²) < 4.78 is 16.4. The number of anilines is 1. The first-order valence-corrected chi connectivity index (χ1v) is 11.8. The third kappa shape index (κ3) is 3.96. The lowest BCUT2D eigenvalue weighted by Gasteiger charge is -2.26. The Morgan fingerprint density at radius 3 is 2.33 bits per heavy atom. The Hall–Kier alpha value is -4.26. The van der Waals surface area contributed by atoms with E-state index in [2.05, 4.69) is 6.92 Å². The molecule has 1 saturated heterocycles. The molecule has 3 aromatic carbocycles. The van der Waals surface area contributed by atoms with E-state index in [1.807, 2.05) is 30.3 Å². The lowest BCUT2D eigenvalue weighted by atomic mass is 9.93. The first kappa shape index (κ1) is 23.5. The van der Waals surface area contributed by atoms with Crippen LogP contribution < -0.4 is 19.1 Å². The predicted octanol–water partition coefficient (Wildman–Crippen LogP) is 4.83. The summed E-state index contributed by atoms with van der Waals surface area (Å²) in [6.45, 7) is 2.63. The maximum absolute atomic E-state index is 13.5. The zero-order chi connectivity index (χ0) is 25.4. The fourth-order valence-corrected chi connectivity index (χ4v) is 4.77. The number of ketones is 1. The Labute approximate surface area is 209 Å². The van der Waals surface area contributed by atoms with E-state index in [4.69, 9.17) is 14.2 Å². The molecule has 0 aromatic heterocycles. The van der Waals surface area contributed by atoms with E-state index < -0.39 is 17.7 Å². The summed E-state index contributed by atoms with van der Waals surface area (Å²) in [5.74, 6) is 0.0126. The van der Waals surface area contributed by atoms with Crippen LogP contribution in [0.3, 0.4) is 0 Å². The fraction of sp³-hybridized carbons (Fsp3) is 0.241. The monoisotopic (exact) mass is 485 g/mol. The number of aliphatic hydroxyl groups excluding tert-OH is 1. The van der Waals surface area contributed by atoms with Crippen molar-refractivity contribution in [2.24, 2.45) is 0 Å². The number of ether oxygens (including phenoxy) is 3. The van der Waals surface area contributed by atoms with Crippen LogP contribution in [0.2, 0.25) is 0 Å². The molecule has 2 aliphatic heterocycles. The van der Waals surface area contributed by atoms with E-state index in [0.29, 0.717) is 34.9 Å². The largest absolute Gasteiger partial charge is 0.507 e. The smallest absolute Gasteiger partial charge is 0.300 e. The Kier molecular flexibility index (Phi) is 6.14. The standard InChI is InChI=1S/C29H27NO6/c1-4-17-5-7-18(8-6-17)26-25(27(31)20-9-10-24-19(13-20)11-12-36-24)28(32)29(33)30(26)21-14-22(34-2)16-23(15-21)35-3/h5-10,13-16,26,31H,4,11-12H2,1-3H3/b27-25-. The van der Waals surface area contributed by atoms with Crippen molar-refractivity contribution in [3.8, 4) is 17.2 Å². The molecule has 184 valence electrons. The zero-order valence-corrected chi connectivity index (χ0v) is 20.4. The van der Waals surface area contributed by atoms with Crippen molar-refractivity contribution >= 4 is 23.1 Å². The second-order valence-electron chi connectivity index (χ2n) is 8.76. The highest BCUT2D eigenvalue weighted by Crippen LogP contribution is 2.44. The van der Waals surface area contributed by atoms with Gasteiger partial charge in [-0.05, 0) is 41.3 Å². The third-order valence-electron chi connectivity index (χ3n) is 6.73. The number of aryl methyl sites for hydroxylation is 1.